The molecule has 0 saturated heterocycles. The molecule has 4 heteroatoms. The molecule has 0 aromatic heterocycles. The van der Waals surface area contributed by atoms with Gasteiger partial charge >= 0.3 is 0 Å². The summed E-state index contributed by atoms with van der Waals surface area (Å²) in [7, 11) is 0. The van der Waals surface area contributed by atoms with Crippen LogP contribution in [0, 0.1) is 0 Å². The van der Waals surface area contributed by atoms with E-state index in [9.17, 15) is 4.79 Å². The molecule has 2 unspecified atom stereocenters. The van der Waals surface area contributed by atoms with Gasteiger partial charge in [-0.25, -0.2) is 0 Å². The van der Waals surface area contributed by atoms with Gasteiger partial charge in [0.15, 0.2) is 0 Å². The Kier molecular flexibility index (Phi) is 4.66. The smallest absolute Gasteiger partial charge is 0.234 e. The van der Waals surface area contributed by atoms with Crippen LogP contribution in [0.15, 0.2) is 29.2 Å². The predicted molar refractivity (Wildman–Crippen MR) is 75.7 cm³/mol. The van der Waals surface area contributed by atoms with Crippen molar-refractivity contribution in [3.05, 3.63) is 29.8 Å². The fourth-order valence-electron chi connectivity index (χ4n) is 2.22. The van der Waals surface area contributed by atoms with E-state index in [1.807, 2.05) is 12.1 Å². The Morgan fingerprint density at radius 2 is 2.33 bits per heavy atom. The fourth-order valence-corrected chi connectivity index (χ4v) is 3.42. The number of amides is 1. The first-order valence-electron chi connectivity index (χ1n) is 6.49. The van der Waals surface area contributed by atoms with Crippen LogP contribution in [0.1, 0.15) is 25.3 Å². The molecule has 1 amide bonds. The lowest BCUT2D eigenvalue weighted by molar-refractivity contribution is -0.121. The summed E-state index contributed by atoms with van der Waals surface area (Å²) >= 11 is 1.66. The highest BCUT2D eigenvalue weighted by Crippen LogP contribution is 2.36. The first-order chi connectivity index (χ1) is 8.74. The summed E-state index contributed by atoms with van der Waals surface area (Å²) in [6, 6.07) is 8.35. The van der Waals surface area contributed by atoms with Gasteiger partial charge < -0.3 is 11.1 Å². The van der Waals surface area contributed by atoms with Crippen LogP contribution in [-0.2, 0) is 11.2 Å². The molecule has 0 saturated carbocycles. The molecular formula is C14H20N2OS. The zero-order valence-corrected chi connectivity index (χ0v) is 11.5. The lowest BCUT2D eigenvalue weighted by atomic mass is 10.1. The zero-order valence-electron chi connectivity index (χ0n) is 10.7. The maximum Gasteiger partial charge on any atom is 0.234 e. The summed E-state index contributed by atoms with van der Waals surface area (Å²) in [5.74, 6) is 0.125. The molecule has 3 nitrogen and oxygen atoms in total. The van der Waals surface area contributed by atoms with Gasteiger partial charge in [-0.1, -0.05) is 31.5 Å². The third-order valence-corrected chi connectivity index (χ3v) is 4.53. The molecule has 0 radical (unpaired) electrons. The maximum atomic E-state index is 12.2. The lowest BCUT2D eigenvalue weighted by Gasteiger charge is -2.18. The Labute approximate surface area is 113 Å². The van der Waals surface area contributed by atoms with E-state index in [2.05, 4.69) is 24.4 Å². The van der Waals surface area contributed by atoms with Gasteiger partial charge in [-0.2, -0.15) is 0 Å². The number of carbonyl (C=O) groups excluding carboxylic acids is 1. The van der Waals surface area contributed by atoms with E-state index in [1.54, 1.807) is 11.8 Å². The topological polar surface area (TPSA) is 55.1 Å². The third kappa shape index (κ3) is 3.06. The molecular weight excluding hydrogens is 244 g/mol. The number of fused-ring (bicyclic) bond motifs is 1. The van der Waals surface area contributed by atoms with Gasteiger partial charge in [-0.3, -0.25) is 4.79 Å². The minimum atomic E-state index is 0.00769. The van der Waals surface area contributed by atoms with Crippen LogP contribution >= 0.6 is 11.8 Å². The van der Waals surface area contributed by atoms with Crippen LogP contribution < -0.4 is 11.1 Å². The van der Waals surface area contributed by atoms with E-state index < -0.39 is 0 Å². The summed E-state index contributed by atoms with van der Waals surface area (Å²) in [4.78, 5) is 13.4. The Morgan fingerprint density at radius 1 is 1.56 bits per heavy atom. The van der Waals surface area contributed by atoms with Crippen molar-refractivity contribution in [1.82, 2.24) is 5.32 Å². The minimum Gasteiger partial charge on any atom is -0.351 e. The SMILES string of the molecule is CCCC(CN)NC(=O)C1Cc2ccccc2S1. The maximum absolute atomic E-state index is 12.2. The van der Waals surface area contributed by atoms with Crippen LogP contribution in [0.5, 0.6) is 0 Å². The number of nitrogens with two attached hydrogens (primary N) is 1. The molecule has 1 aliphatic heterocycles. The lowest BCUT2D eigenvalue weighted by Crippen LogP contribution is -2.44. The van der Waals surface area contributed by atoms with Gasteiger partial charge in [0.2, 0.25) is 5.91 Å². The Morgan fingerprint density at radius 3 is 3.00 bits per heavy atom. The van der Waals surface area contributed by atoms with Crippen molar-refractivity contribution in [3.8, 4) is 0 Å². The Balaban J connectivity index is 1.92. The number of carbonyl (C=O) groups is 1. The molecule has 1 aromatic carbocycles. The van der Waals surface area contributed by atoms with Crippen molar-refractivity contribution < 1.29 is 4.79 Å². The Bertz CT molecular complexity index is 397. The molecule has 98 valence electrons. The number of benzene rings is 1. The second kappa shape index (κ2) is 6.25. The average Bonchev–Trinajstić information content (AvgIpc) is 2.82. The molecule has 0 aliphatic carbocycles. The molecule has 2 atom stereocenters. The summed E-state index contributed by atoms with van der Waals surface area (Å²) in [6.45, 7) is 2.62. The van der Waals surface area contributed by atoms with Crippen LogP contribution in [0.4, 0.5) is 0 Å². The summed E-state index contributed by atoms with van der Waals surface area (Å²) in [5.41, 5.74) is 6.95. The molecule has 1 aliphatic rings. The van der Waals surface area contributed by atoms with Crippen LogP contribution in [-0.4, -0.2) is 23.7 Å². The first kappa shape index (κ1) is 13.4. The van der Waals surface area contributed by atoms with E-state index in [-0.39, 0.29) is 17.2 Å². The largest absolute Gasteiger partial charge is 0.351 e. The molecule has 18 heavy (non-hydrogen) atoms. The molecule has 1 aromatic rings. The summed E-state index contributed by atoms with van der Waals surface area (Å²) < 4.78 is 0. The second-order valence-corrected chi connectivity index (χ2v) is 5.89. The van der Waals surface area contributed by atoms with Gasteiger partial charge in [0.1, 0.15) is 0 Å². The Hall–Kier alpha value is -1.00. The number of hydrogen-bond donors (Lipinski definition) is 2. The quantitative estimate of drug-likeness (QED) is 0.854. The number of hydrogen-bond acceptors (Lipinski definition) is 3. The third-order valence-electron chi connectivity index (χ3n) is 3.21. The molecule has 1 heterocycles. The molecule has 3 N–H and O–H groups in total. The van der Waals surface area contributed by atoms with Crippen LogP contribution in [0.2, 0.25) is 0 Å². The summed E-state index contributed by atoms with van der Waals surface area (Å²) in [6.07, 6.45) is 2.82. The highest BCUT2D eigenvalue weighted by Gasteiger charge is 2.28. The highest BCUT2D eigenvalue weighted by molar-refractivity contribution is 8.01. The van der Waals surface area contributed by atoms with Gasteiger partial charge in [-0.05, 0) is 24.5 Å². The summed E-state index contributed by atoms with van der Waals surface area (Å²) in [5, 5.41) is 3.07. The molecule has 0 spiro atoms. The normalized spacial score (nSPS) is 19.3. The van der Waals surface area contributed by atoms with E-state index in [4.69, 9.17) is 5.73 Å². The van der Waals surface area contributed by atoms with Crippen molar-refractivity contribution in [2.24, 2.45) is 5.73 Å². The van der Waals surface area contributed by atoms with E-state index in [0.717, 1.165) is 19.3 Å². The van der Waals surface area contributed by atoms with Gasteiger partial charge in [0.25, 0.3) is 0 Å². The van der Waals surface area contributed by atoms with Crippen molar-refractivity contribution in [2.75, 3.05) is 6.54 Å². The van der Waals surface area contributed by atoms with Gasteiger partial charge in [0.05, 0.1) is 5.25 Å². The van der Waals surface area contributed by atoms with E-state index in [1.165, 1.54) is 10.5 Å². The molecule has 2 rings (SSSR count). The highest BCUT2D eigenvalue weighted by atomic mass is 32.2. The van der Waals surface area contributed by atoms with Crippen molar-refractivity contribution in [3.63, 3.8) is 0 Å². The average molecular weight is 264 g/mol. The predicted octanol–water partition coefficient (Wildman–Crippen LogP) is 1.95. The minimum absolute atomic E-state index is 0.00769. The molecule has 0 bridgehead atoms. The second-order valence-electron chi connectivity index (χ2n) is 4.65. The fraction of sp³-hybridized carbons (Fsp3) is 0.500. The van der Waals surface area contributed by atoms with Crippen LogP contribution in [0.3, 0.4) is 0 Å². The number of thioether (sulfide) groups is 1. The van der Waals surface area contributed by atoms with Crippen LogP contribution in [0.25, 0.3) is 0 Å². The standard InChI is InChI=1S/C14H20N2OS/c1-2-5-11(9-15)16-14(17)13-8-10-6-3-4-7-12(10)18-13/h3-4,6-7,11,13H,2,5,8-9,15H2,1H3,(H,16,17). The molecule has 0 fully saturated rings. The monoisotopic (exact) mass is 264 g/mol. The van der Waals surface area contributed by atoms with E-state index >= 15 is 0 Å². The van der Waals surface area contributed by atoms with E-state index in [0.29, 0.717) is 6.54 Å². The zero-order chi connectivity index (χ0) is 13.0. The van der Waals surface area contributed by atoms with Crippen molar-refractivity contribution in [1.29, 1.82) is 0 Å². The number of rotatable bonds is 5. The van der Waals surface area contributed by atoms with Crippen molar-refractivity contribution >= 4 is 17.7 Å². The number of nitrogens with one attached hydrogen (secondary N) is 1. The first-order valence-corrected chi connectivity index (χ1v) is 7.37. The van der Waals surface area contributed by atoms with Gasteiger partial charge in [-0.15, -0.1) is 11.8 Å². The van der Waals surface area contributed by atoms with Crippen molar-refractivity contribution in [2.45, 2.75) is 42.4 Å². The van der Waals surface area contributed by atoms with Gasteiger partial charge in [0, 0.05) is 17.5 Å².